The van der Waals surface area contributed by atoms with Gasteiger partial charge in [-0.15, -0.1) is 11.8 Å². The average Bonchev–Trinajstić information content (AvgIpc) is 3.78. The highest BCUT2D eigenvalue weighted by molar-refractivity contribution is 8.01. The maximum absolute atomic E-state index is 14.7. The van der Waals surface area contributed by atoms with Crippen LogP contribution in [0.2, 0.25) is 0 Å². The molecule has 344 valence electrons. The van der Waals surface area contributed by atoms with Gasteiger partial charge >= 0.3 is 6.09 Å². The number of ether oxygens (including phenoxy) is 1. The number of aliphatic hydroxyl groups is 1. The minimum Gasteiger partial charge on any atom is -0.443 e. The van der Waals surface area contributed by atoms with Crippen molar-refractivity contribution in [3.05, 3.63) is 203 Å². The second kappa shape index (κ2) is 22.8. The first kappa shape index (κ1) is 48.5. The van der Waals surface area contributed by atoms with E-state index in [1.54, 1.807) is 41.1 Å². The molecule has 5 aromatic carbocycles. The van der Waals surface area contributed by atoms with Gasteiger partial charge in [0.1, 0.15) is 11.4 Å². The molecular formula is C55H61FN4O4S2. The third-order valence-electron chi connectivity index (χ3n) is 11.9. The molecule has 7 rings (SSSR count). The van der Waals surface area contributed by atoms with E-state index in [9.17, 15) is 19.1 Å². The minimum absolute atomic E-state index is 0.0943. The first-order chi connectivity index (χ1) is 31.9. The number of carbonyl (C=O) groups excluding carboxylic acids is 2. The number of halogens is 1. The van der Waals surface area contributed by atoms with Gasteiger partial charge in [0.2, 0.25) is 0 Å². The standard InChI is InChI=1S/C55H61FN4O4S2/c1-54(2,3)64-53(63)60(38-46-34-48(37-58-46)66-55(41-16-8-5-9-17-41,42-18-10-6-11-19-42)43-20-12-7-13-21-43)47-30-27-40(26-23-39-24-28-44(56)29-25-39)49(36-47)52(62)59-50(31-33-65-4)51(61)35-45-22-14-15-32-57-45/h5-22,24-25,27-30,32,36,46,48,50-51,58,61H,23,26,31,33-35,37-38H2,1-4H3,(H,59,62)/t46-,48-,50-,51?/m0/s1. The van der Waals surface area contributed by atoms with Crippen molar-refractivity contribution in [3.63, 3.8) is 0 Å². The Morgan fingerprint density at radius 1 is 0.848 bits per heavy atom. The maximum Gasteiger partial charge on any atom is 0.414 e. The molecule has 1 aliphatic heterocycles. The fourth-order valence-corrected chi connectivity index (χ4v) is 10.9. The van der Waals surface area contributed by atoms with Crippen molar-refractivity contribution in [1.82, 2.24) is 15.6 Å². The molecule has 11 heteroatoms. The molecule has 0 spiro atoms. The van der Waals surface area contributed by atoms with E-state index in [1.807, 2.05) is 69.1 Å². The highest BCUT2D eigenvalue weighted by Crippen LogP contribution is 2.51. The molecule has 0 radical (unpaired) electrons. The number of hydrogen-bond acceptors (Lipinski definition) is 8. The van der Waals surface area contributed by atoms with E-state index in [2.05, 4.69) is 107 Å². The average molecular weight is 925 g/mol. The van der Waals surface area contributed by atoms with Crippen molar-refractivity contribution in [2.45, 2.75) is 86.7 Å². The van der Waals surface area contributed by atoms with Crippen LogP contribution in [-0.4, -0.2) is 76.2 Å². The Balaban J connectivity index is 1.20. The zero-order valence-electron chi connectivity index (χ0n) is 38.2. The van der Waals surface area contributed by atoms with E-state index in [0.717, 1.165) is 35.5 Å². The van der Waals surface area contributed by atoms with Crippen LogP contribution in [0.25, 0.3) is 0 Å². The van der Waals surface area contributed by atoms with Crippen LogP contribution < -0.4 is 15.5 Å². The number of anilines is 1. The summed E-state index contributed by atoms with van der Waals surface area (Å²) in [6.07, 6.45) is 4.94. The van der Waals surface area contributed by atoms with Crippen molar-refractivity contribution in [2.24, 2.45) is 0 Å². The molecule has 1 unspecified atom stereocenters. The summed E-state index contributed by atoms with van der Waals surface area (Å²) >= 11 is 3.58. The van der Waals surface area contributed by atoms with Gasteiger partial charge in [-0.2, -0.15) is 11.8 Å². The summed E-state index contributed by atoms with van der Waals surface area (Å²) in [6, 6.07) is 48.9. The summed E-state index contributed by atoms with van der Waals surface area (Å²) in [5.41, 5.74) is 6.15. The molecule has 1 fully saturated rings. The van der Waals surface area contributed by atoms with Crippen LogP contribution in [0.5, 0.6) is 0 Å². The summed E-state index contributed by atoms with van der Waals surface area (Å²) in [5.74, 6) is 0.0663. The number of nitrogens with zero attached hydrogens (tertiary/aromatic N) is 2. The van der Waals surface area contributed by atoms with Gasteiger partial charge < -0.3 is 20.5 Å². The molecule has 2 amide bonds. The molecule has 1 aliphatic rings. The van der Waals surface area contributed by atoms with Crippen LogP contribution >= 0.6 is 23.5 Å². The second-order valence-electron chi connectivity index (χ2n) is 17.9. The number of pyridine rings is 1. The van der Waals surface area contributed by atoms with Gasteiger partial charge in [0, 0.05) is 53.9 Å². The van der Waals surface area contributed by atoms with Gasteiger partial charge in [0.15, 0.2) is 0 Å². The lowest BCUT2D eigenvalue weighted by atomic mass is 9.84. The van der Waals surface area contributed by atoms with Gasteiger partial charge in [-0.05, 0) is 123 Å². The molecule has 0 saturated carbocycles. The van der Waals surface area contributed by atoms with Crippen molar-refractivity contribution in [2.75, 3.05) is 30.0 Å². The smallest absolute Gasteiger partial charge is 0.414 e. The SMILES string of the molecule is CSCC[C@H](NC(=O)c1cc(N(C[C@@H]2C[C@H](SC(c3ccccc3)(c3ccccc3)c3ccccc3)CN2)C(=O)OC(C)(C)C)ccc1CCc1ccc(F)cc1)C(O)Cc1ccccn1. The Labute approximate surface area is 398 Å². The van der Waals surface area contributed by atoms with Crippen molar-refractivity contribution >= 4 is 41.2 Å². The van der Waals surface area contributed by atoms with Crippen LogP contribution in [0.15, 0.2) is 158 Å². The van der Waals surface area contributed by atoms with Gasteiger partial charge in [0.25, 0.3) is 5.91 Å². The summed E-state index contributed by atoms with van der Waals surface area (Å²) in [5, 5.41) is 18.6. The molecule has 2 heterocycles. The van der Waals surface area contributed by atoms with Crippen molar-refractivity contribution in [1.29, 1.82) is 0 Å². The van der Waals surface area contributed by atoms with E-state index < -0.39 is 28.6 Å². The predicted octanol–water partition coefficient (Wildman–Crippen LogP) is 10.7. The van der Waals surface area contributed by atoms with Crippen LogP contribution in [0.4, 0.5) is 14.9 Å². The van der Waals surface area contributed by atoms with Crippen molar-refractivity contribution < 1.29 is 23.8 Å². The Hall–Kier alpha value is -5.46. The van der Waals surface area contributed by atoms with E-state index >= 15 is 0 Å². The largest absolute Gasteiger partial charge is 0.443 e. The Bertz CT molecular complexity index is 2360. The summed E-state index contributed by atoms with van der Waals surface area (Å²) in [4.78, 5) is 35.1. The zero-order chi connectivity index (χ0) is 46.5. The molecule has 66 heavy (non-hydrogen) atoms. The Kier molecular flexibility index (Phi) is 16.8. The zero-order valence-corrected chi connectivity index (χ0v) is 39.9. The van der Waals surface area contributed by atoms with E-state index in [-0.39, 0.29) is 29.4 Å². The third-order valence-corrected chi connectivity index (χ3v) is 14.3. The third kappa shape index (κ3) is 12.7. The molecular weight excluding hydrogens is 864 g/mol. The second-order valence-corrected chi connectivity index (χ2v) is 20.4. The molecule has 1 aromatic heterocycles. The maximum atomic E-state index is 14.7. The number of rotatable bonds is 19. The van der Waals surface area contributed by atoms with Gasteiger partial charge in [-0.25, -0.2) is 9.18 Å². The van der Waals surface area contributed by atoms with E-state index in [0.29, 0.717) is 37.1 Å². The van der Waals surface area contributed by atoms with Crippen LogP contribution in [0.3, 0.4) is 0 Å². The van der Waals surface area contributed by atoms with E-state index in [1.165, 1.54) is 28.8 Å². The topological polar surface area (TPSA) is 104 Å². The normalized spacial score (nSPS) is 16.0. The first-order valence-electron chi connectivity index (χ1n) is 22.8. The Morgan fingerprint density at radius 2 is 1.47 bits per heavy atom. The lowest BCUT2D eigenvalue weighted by molar-refractivity contribution is 0.0577. The van der Waals surface area contributed by atoms with Crippen molar-refractivity contribution in [3.8, 4) is 0 Å². The number of benzene rings is 5. The molecule has 1 saturated heterocycles. The lowest BCUT2D eigenvalue weighted by Crippen LogP contribution is -2.45. The van der Waals surface area contributed by atoms with E-state index in [4.69, 9.17) is 4.74 Å². The number of hydrogen-bond donors (Lipinski definition) is 3. The quantitative estimate of drug-likeness (QED) is 0.0691. The van der Waals surface area contributed by atoms with Gasteiger partial charge in [-0.1, -0.05) is 115 Å². The summed E-state index contributed by atoms with van der Waals surface area (Å²) in [7, 11) is 0. The van der Waals surface area contributed by atoms with Gasteiger partial charge in [-0.3, -0.25) is 14.7 Å². The number of aryl methyl sites for hydroxylation is 2. The number of aliphatic hydroxyl groups excluding tert-OH is 1. The predicted molar refractivity (Wildman–Crippen MR) is 269 cm³/mol. The first-order valence-corrected chi connectivity index (χ1v) is 25.0. The Morgan fingerprint density at radius 3 is 2.05 bits per heavy atom. The summed E-state index contributed by atoms with van der Waals surface area (Å²) in [6.45, 7) is 6.57. The molecule has 4 atom stereocenters. The fourth-order valence-electron chi connectivity index (χ4n) is 8.63. The number of aromatic nitrogens is 1. The number of nitrogens with one attached hydrogen (secondary N) is 2. The van der Waals surface area contributed by atoms with Crippen LogP contribution in [0.1, 0.15) is 77.5 Å². The summed E-state index contributed by atoms with van der Waals surface area (Å²) < 4.78 is 19.4. The molecule has 0 aliphatic carbocycles. The minimum atomic E-state index is -0.885. The highest BCUT2D eigenvalue weighted by Gasteiger charge is 2.42. The van der Waals surface area contributed by atoms with Gasteiger partial charge in [0.05, 0.1) is 16.9 Å². The molecule has 6 aromatic rings. The number of thioether (sulfide) groups is 2. The number of amides is 2. The number of carbonyl (C=O) groups is 2. The lowest BCUT2D eigenvalue weighted by Gasteiger charge is -2.37. The molecule has 0 bridgehead atoms. The molecule has 8 nitrogen and oxygen atoms in total. The molecule has 3 N–H and O–H groups in total. The monoisotopic (exact) mass is 924 g/mol. The highest BCUT2D eigenvalue weighted by atomic mass is 32.2. The van der Waals surface area contributed by atoms with Crippen LogP contribution in [0, 0.1) is 5.82 Å². The fraction of sp³-hybridized carbons (Fsp3) is 0.327. The van der Waals surface area contributed by atoms with Crippen LogP contribution in [-0.2, 0) is 28.7 Å².